The van der Waals surface area contributed by atoms with Gasteiger partial charge in [-0.1, -0.05) is 13.8 Å². The first-order chi connectivity index (χ1) is 12.0. The van der Waals surface area contributed by atoms with E-state index in [1.165, 1.54) is 10.7 Å². The Morgan fingerprint density at radius 3 is 2.80 bits per heavy atom. The lowest BCUT2D eigenvalue weighted by Crippen LogP contribution is -2.52. The lowest BCUT2D eigenvalue weighted by molar-refractivity contribution is 0.0454. The average Bonchev–Trinajstić information content (AvgIpc) is 3.19. The minimum atomic E-state index is 0.223. The largest absolute Gasteiger partial charge is 0.465 e. The Hall–Kier alpha value is -1.21. The van der Waals surface area contributed by atoms with Gasteiger partial charge in [-0.15, -0.1) is 11.3 Å². The second-order valence-electron chi connectivity index (χ2n) is 7.20. The zero-order chi connectivity index (χ0) is 17.8. The van der Waals surface area contributed by atoms with Crippen molar-refractivity contribution in [3.63, 3.8) is 0 Å². The summed E-state index contributed by atoms with van der Waals surface area (Å²) in [5, 5.41) is 12.8. The molecule has 2 aromatic heterocycles. The predicted octanol–water partition coefficient (Wildman–Crippen LogP) is 3.24. The van der Waals surface area contributed by atoms with E-state index in [0.29, 0.717) is 12.0 Å². The van der Waals surface area contributed by atoms with Gasteiger partial charge in [0.25, 0.3) is 0 Å². The van der Waals surface area contributed by atoms with Gasteiger partial charge in [-0.25, -0.2) is 4.98 Å². The third kappa shape index (κ3) is 4.91. The predicted molar refractivity (Wildman–Crippen MR) is 101 cm³/mol. The van der Waals surface area contributed by atoms with E-state index in [1.54, 1.807) is 11.3 Å². The van der Waals surface area contributed by atoms with Gasteiger partial charge in [0.2, 0.25) is 0 Å². The van der Waals surface area contributed by atoms with Crippen LogP contribution in [0.25, 0.3) is 0 Å². The fraction of sp³-hybridized carbons (Fsp3) is 0.632. The fourth-order valence-electron chi connectivity index (χ4n) is 3.36. The topological polar surface area (TPSA) is 52.7 Å². The number of aliphatic hydroxyl groups is 1. The molecule has 3 heterocycles. The number of rotatable bonds is 7. The van der Waals surface area contributed by atoms with E-state index in [-0.39, 0.29) is 6.61 Å². The first-order valence-corrected chi connectivity index (χ1v) is 10.00. The molecule has 0 unspecified atom stereocenters. The van der Waals surface area contributed by atoms with Crippen molar-refractivity contribution in [1.29, 1.82) is 0 Å². The highest BCUT2D eigenvalue weighted by atomic mass is 32.1. The minimum absolute atomic E-state index is 0.223. The molecular formula is C19H29N3O2S. The van der Waals surface area contributed by atoms with E-state index >= 15 is 0 Å². The molecule has 1 aliphatic rings. The van der Waals surface area contributed by atoms with Gasteiger partial charge in [0.05, 0.1) is 18.8 Å². The number of furan rings is 1. The normalized spacial score (nSPS) is 19.8. The third-order valence-electron chi connectivity index (χ3n) is 4.83. The Balaban J connectivity index is 1.59. The number of aromatic nitrogens is 1. The minimum Gasteiger partial charge on any atom is -0.465 e. The summed E-state index contributed by atoms with van der Waals surface area (Å²) in [4.78, 5) is 9.67. The van der Waals surface area contributed by atoms with Crippen LogP contribution in [0, 0.1) is 6.92 Å². The first-order valence-electron chi connectivity index (χ1n) is 9.12. The fourth-order valence-corrected chi connectivity index (χ4v) is 4.35. The number of hydrogen-bond donors (Lipinski definition) is 1. The number of piperazine rings is 1. The average molecular weight is 364 g/mol. The number of nitrogens with zero attached hydrogens (tertiary/aromatic N) is 3. The quantitative estimate of drug-likeness (QED) is 0.818. The summed E-state index contributed by atoms with van der Waals surface area (Å²) >= 11 is 1.76. The van der Waals surface area contributed by atoms with Crippen molar-refractivity contribution in [3.8, 4) is 0 Å². The maximum atomic E-state index is 9.47. The van der Waals surface area contributed by atoms with Gasteiger partial charge in [-0.05, 0) is 31.4 Å². The number of hydrogen-bond acceptors (Lipinski definition) is 6. The molecule has 1 N–H and O–H groups in total. The van der Waals surface area contributed by atoms with Crippen molar-refractivity contribution in [2.75, 3.05) is 26.2 Å². The van der Waals surface area contributed by atoms with Crippen LogP contribution in [0.3, 0.4) is 0 Å². The molecule has 0 radical (unpaired) electrons. The molecule has 1 fully saturated rings. The maximum absolute atomic E-state index is 9.47. The molecule has 1 atom stereocenters. The molecule has 0 saturated carbocycles. The van der Waals surface area contributed by atoms with E-state index in [0.717, 1.165) is 50.7 Å². The number of thiazole rings is 1. The third-order valence-corrected chi connectivity index (χ3v) is 5.68. The van der Waals surface area contributed by atoms with Gasteiger partial charge >= 0.3 is 0 Å². The zero-order valence-corrected chi connectivity index (χ0v) is 16.3. The molecule has 0 aromatic carbocycles. The van der Waals surface area contributed by atoms with E-state index in [2.05, 4.69) is 35.1 Å². The zero-order valence-electron chi connectivity index (χ0n) is 15.4. The molecule has 0 amide bonds. The van der Waals surface area contributed by atoms with Crippen LogP contribution in [0.1, 0.15) is 48.4 Å². The van der Waals surface area contributed by atoms with Crippen LogP contribution >= 0.6 is 11.3 Å². The molecule has 3 rings (SSSR count). The smallest absolute Gasteiger partial charge is 0.118 e. The van der Waals surface area contributed by atoms with Gasteiger partial charge < -0.3 is 9.52 Å². The molecular weight excluding hydrogens is 334 g/mol. The summed E-state index contributed by atoms with van der Waals surface area (Å²) < 4.78 is 5.73. The monoisotopic (exact) mass is 363 g/mol. The highest BCUT2D eigenvalue weighted by Gasteiger charge is 2.27. The van der Waals surface area contributed by atoms with Crippen molar-refractivity contribution < 1.29 is 9.52 Å². The number of aryl methyl sites for hydroxylation is 1. The van der Waals surface area contributed by atoms with Crippen LogP contribution < -0.4 is 0 Å². The molecule has 0 aliphatic carbocycles. The molecule has 0 spiro atoms. The van der Waals surface area contributed by atoms with Crippen LogP contribution in [0.5, 0.6) is 0 Å². The maximum Gasteiger partial charge on any atom is 0.118 e. The summed E-state index contributed by atoms with van der Waals surface area (Å²) in [5.74, 6) is 2.45. The Kier molecular flexibility index (Phi) is 6.28. The van der Waals surface area contributed by atoms with E-state index < -0.39 is 0 Å². The lowest BCUT2D eigenvalue weighted by atomic mass is 10.1. The summed E-state index contributed by atoms with van der Waals surface area (Å²) in [6.45, 7) is 11.3. The molecule has 1 saturated heterocycles. The van der Waals surface area contributed by atoms with E-state index in [4.69, 9.17) is 9.40 Å². The van der Waals surface area contributed by atoms with Gasteiger partial charge in [0.1, 0.15) is 16.5 Å². The van der Waals surface area contributed by atoms with Crippen LogP contribution in [-0.2, 0) is 13.1 Å². The first kappa shape index (κ1) is 18.6. The van der Waals surface area contributed by atoms with Crippen LogP contribution in [0.15, 0.2) is 21.9 Å². The molecule has 1 aliphatic heterocycles. The van der Waals surface area contributed by atoms with Crippen molar-refractivity contribution >= 4 is 11.3 Å². The Morgan fingerprint density at radius 1 is 1.32 bits per heavy atom. The van der Waals surface area contributed by atoms with Crippen molar-refractivity contribution in [2.24, 2.45) is 0 Å². The molecule has 2 aromatic rings. The van der Waals surface area contributed by atoms with Crippen LogP contribution in [-0.4, -0.2) is 52.2 Å². The molecule has 25 heavy (non-hydrogen) atoms. The van der Waals surface area contributed by atoms with Crippen molar-refractivity contribution in [3.05, 3.63) is 39.7 Å². The van der Waals surface area contributed by atoms with Gasteiger partial charge in [-0.2, -0.15) is 0 Å². The Morgan fingerprint density at radius 2 is 2.16 bits per heavy atom. The highest BCUT2D eigenvalue weighted by Crippen LogP contribution is 2.22. The summed E-state index contributed by atoms with van der Waals surface area (Å²) in [6, 6.07) is 4.43. The summed E-state index contributed by atoms with van der Waals surface area (Å²) in [6.07, 6.45) is 0.797. The van der Waals surface area contributed by atoms with E-state index in [1.807, 2.05) is 13.0 Å². The SMILES string of the molecule is Cc1ccc(CN2CCN(Cc3nc(C(C)C)cs3)C[C@H]2CCO)o1. The van der Waals surface area contributed by atoms with E-state index in [9.17, 15) is 5.11 Å². The van der Waals surface area contributed by atoms with Crippen molar-refractivity contribution in [2.45, 2.75) is 52.2 Å². The Labute approximate surface area is 154 Å². The van der Waals surface area contributed by atoms with Crippen LogP contribution in [0.4, 0.5) is 0 Å². The van der Waals surface area contributed by atoms with Crippen LogP contribution in [0.2, 0.25) is 0 Å². The highest BCUT2D eigenvalue weighted by molar-refractivity contribution is 7.09. The number of aliphatic hydroxyl groups excluding tert-OH is 1. The summed E-state index contributed by atoms with van der Waals surface area (Å²) in [7, 11) is 0. The van der Waals surface area contributed by atoms with Gasteiger partial charge in [-0.3, -0.25) is 9.80 Å². The molecule has 6 heteroatoms. The molecule has 138 valence electrons. The molecule has 0 bridgehead atoms. The van der Waals surface area contributed by atoms with Gasteiger partial charge in [0.15, 0.2) is 0 Å². The molecule has 5 nitrogen and oxygen atoms in total. The van der Waals surface area contributed by atoms with Gasteiger partial charge in [0, 0.05) is 37.7 Å². The standard InChI is InChI=1S/C19H29N3O2S/c1-14(2)18-13-25-19(20-18)12-21-7-8-22(16(10-21)6-9-23)11-17-5-4-15(3)24-17/h4-5,13-14,16,23H,6-12H2,1-3H3/t16-/m1/s1. The Bertz CT molecular complexity index is 667. The summed E-state index contributed by atoms with van der Waals surface area (Å²) in [5.41, 5.74) is 1.19. The second kappa shape index (κ2) is 8.45. The lowest BCUT2D eigenvalue weighted by Gasteiger charge is -2.40. The van der Waals surface area contributed by atoms with Crippen molar-refractivity contribution in [1.82, 2.24) is 14.8 Å². The second-order valence-corrected chi connectivity index (χ2v) is 8.15.